The number of carbonyl (C=O) groups excluding carboxylic acids is 2. The van der Waals surface area contributed by atoms with Crippen molar-refractivity contribution in [1.29, 1.82) is 0 Å². The molecule has 2 amide bonds. The van der Waals surface area contributed by atoms with Gasteiger partial charge >= 0.3 is 0 Å². The molecule has 150 valence electrons. The van der Waals surface area contributed by atoms with Crippen LogP contribution in [0.3, 0.4) is 0 Å². The number of halogens is 1. The monoisotopic (exact) mass is 427 g/mol. The molecule has 5 nitrogen and oxygen atoms in total. The summed E-state index contributed by atoms with van der Waals surface area (Å²) in [5.74, 6) is 1.21. The van der Waals surface area contributed by atoms with Crippen LogP contribution in [-0.2, 0) is 15.1 Å². The Morgan fingerprint density at radius 2 is 2.00 bits per heavy atom. The predicted octanol–water partition coefficient (Wildman–Crippen LogP) is 3.94. The molecule has 2 aromatic rings. The third-order valence-electron chi connectivity index (χ3n) is 6.37. The zero-order valence-corrected chi connectivity index (χ0v) is 17.7. The Bertz CT molecular complexity index is 982. The van der Waals surface area contributed by atoms with E-state index < -0.39 is 11.5 Å². The van der Waals surface area contributed by atoms with Crippen LogP contribution in [0.15, 0.2) is 48.5 Å². The van der Waals surface area contributed by atoms with Gasteiger partial charge in [0, 0.05) is 46.2 Å². The van der Waals surface area contributed by atoms with Gasteiger partial charge in [0.15, 0.2) is 0 Å². The number of hydrogen-bond acceptors (Lipinski definition) is 4. The summed E-state index contributed by atoms with van der Waals surface area (Å²) in [5, 5.41) is 3.66. The Hall–Kier alpha value is -2.02. The lowest BCUT2D eigenvalue weighted by Crippen LogP contribution is -2.55. The highest BCUT2D eigenvalue weighted by molar-refractivity contribution is 7.99. The highest BCUT2D eigenvalue weighted by atomic mass is 35.5. The second-order valence-corrected chi connectivity index (χ2v) is 9.18. The smallest absolute Gasteiger partial charge is 0.253 e. The predicted molar refractivity (Wildman–Crippen MR) is 117 cm³/mol. The fourth-order valence-electron chi connectivity index (χ4n) is 5.16. The van der Waals surface area contributed by atoms with Crippen molar-refractivity contribution >= 4 is 46.6 Å². The van der Waals surface area contributed by atoms with Crippen LogP contribution in [0.4, 0.5) is 11.4 Å². The first kappa shape index (κ1) is 19.0. The fourth-order valence-corrected chi connectivity index (χ4v) is 6.59. The van der Waals surface area contributed by atoms with E-state index in [9.17, 15) is 9.59 Å². The molecule has 1 N–H and O–H groups in total. The summed E-state index contributed by atoms with van der Waals surface area (Å²) in [6.07, 6.45) is 0.685. The maximum atomic E-state index is 13.8. The highest BCUT2D eigenvalue weighted by Crippen LogP contribution is 2.57. The van der Waals surface area contributed by atoms with Crippen LogP contribution in [0.2, 0.25) is 5.02 Å². The van der Waals surface area contributed by atoms with Crippen molar-refractivity contribution in [2.45, 2.75) is 24.9 Å². The number of thioether (sulfide) groups is 1. The largest absolute Gasteiger partial charge is 0.326 e. The lowest BCUT2D eigenvalue weighted by atomic mass is 9.79. The molecule has 5 rings (SSSR count). The molecule has 3 aliphatic heterocycles. The molecule has 29 heavy (non-hydrogen) atoms. The van der Waals surface area contributed by atoms with E-state index in [0.29, 0.717) is 23.7 Å². The number of amides is 2. The summed E-state index contributed by atoms with van der Waals surface area (Å²) in [6, 6.07) is 15.3. The standard InChI is InChI=1S/C22H22ClN3O2S/c1-2-25-19-6-4-3-5-17(19)22(21(25)28)18(11-16-12-29-13-26(16)22)20(27)24-15-9-7-14(23)8-10-15/h3-10,16,18H,2,11-13H2,1H3,(H,24,27)/t16-,18-,22-/m0/s1. The van der Waals surface area contributed by atoms with Gasteiger partial charge in [-0.25, -0.2) is 0 Å². The first-order valence-electron chi connectivity index (χ1n) is 9.89. The molecule has 1 spiro atoms. The van der Waals surface area contributed by atoms with Crippen LogP contribution in [0.5, 0.6) is 0 Å². The number of nitrogens with one attached hydrogen (secondary N) is 1. The van der Waals surface area contributed by atoms with E-state index in [4.69, 9.17) is 11.6 Å². The van der Waals surface area contributed by atoms with Crippen molar-refractivity contribution in [3.05, 3.63) is 59.1 Å². The lowest BCUT2D eigenvalue weighted by molar-refractivity contribution is -0.136. The molecule has 0 aliphatic carbocycles. The Labute approximate surface area is 179 Å². The van der Waals surface area contributed by atoms with Gasteiger partial charge in [-0.2, -0.15) is 0 Å². The molecular formula is C22H22ClN3O2S. The molecule has 2 fully saturated rings. The third-order valence-corrected chi connectivity index (χ3v) is 7.70. The van der Waals surface area contributed by atoms with E-state index in [2.05, 4.69) is 10.2 Å². The second kappa shape index (κ2) is 7.04. The van der Waals surface area contributed by atoms with Gasteiger partial charge in [0.1, 0.15) is 5.54 Å². The van der Waals surface area contributed by atoms with E-state index >= 15 is 0 Å². The van der Waals surface area contributed by atoms with Crippen LogP contribution >= 0.6 is 23.4 Å². The SMILES string of the molecule is CCN1C(=O)[C@]2(c3ccccc31)[C@H](C(=O)Nc1ccc(Cl)cc1)C[C@H]1CSCN12. The molecule has 7 heteroatoms. The number of hydrogen-bond donors (Lipinski definition) is 1. The third kappa shape index (κ3) is 2.66. The molecule has 0 radical (unpaired) electrons. The molecule has 2 aromatic carbocycles. The average Bonchev–Trinajstić information content (AvgIpc) is 3.37. The number of nitrogens with zero attached hydrogens (tertiary/aromatic N) is 2. The van der Waals surface area contributed by atoms with E-state index in [0.717, 1.165) is 22.9 Å². The summed E-state index contributed by atoms with van der Waals surface area (Å²) >= 11 is 7.81. The molecule has 3 aliphatic rings. The number of anilines is 2. The molecule has 0 aromatic heterocycles. The van der Waals surface area contributed by atoms with Gasteiger partial charge in [-0.15, -0.1) is 11.8 Å². The minimum atomic E-state index is -0.919. The Morgan fingerprint density at radius 3 is 2.76 bits per heavy atom. The van der Waals surface area contributed by atoms with E-state index in [1.807, 2.05) is 47.9 Å². The van der Waals surface area contributed by atoms with Crippen molar-refractivity contribution in [3.8, 4) is 0 Å². The molecule has 2 saturated heterocycles. The topological polar surface area (TPSA) is 52.7 Å². The van der Waals surface area contributed by atoms with E-state index in [-0.39, 0.29) is 17.9 Å². The van der Waals surface area contributed by atoms with Crippen LogP contribution in [0.25, 0.3) is 0 Å². The summed E-state index contributed by atoms with van der Waals surface area (Å²) in [5.41, 5.74) is 1.68. The summed E-state index contributed by atoms with van der Waals surface area (Å²) in [7, 11) is 0. The quantitative estimate of drug-likeness (QED) is 0.806. The van der Waals surface area contributed by atoms with Crippen LogP contribution < -0.4 is 10.2 Å². The van der Waals surface area contributed by atoms with Gasteiger partial charge < -0.3 is 10.2 Å². The van der Waals surface area contributed by atoms with Crippen molar-refractivity contribution in [1.82, 2.24) is 4.90 Å². The maximum absolute atomic E-state index is 13.8. The minimum Gasteiger partial charge on any atom is -0.326 e. The number of benzene rings is 2. The molecule has 3 atom stereocenters. The number of para-hydroxylation sites is 1. The van der Waals surface area contributed by atoms with Crippen LogP contribution in [0, 0.1) is 5.92 Å². The number of rotatable bonds is 3. The van der Waals surface area contributed by atoms with Crippen molar-refractivity contribution < 1.29 is 9.59 Å². The molecule has 3 heterocycles. The summed E-state index contributed by atoms with van der Waals surface area (Å²) in [4.78, 5) is 31.5. The second-order valence-electron chi connectivity index (χ2n) is 7.74. The van der Waals surface area contributed by atoms with Gasteiger partial charge in [-0.3, -0.25) is 14.5 Å². The fraction of sp³-hybridized carbons (Fsp3) is 0.364. The zero-order chi connectivity index (χ0) is 20.2. The highest BCUT2D eigenvalue weighted by Gasteiger charge is 2.67. The van der Waals surface area contributed by atoms with Gasteiger partial charge in [0.2, 0.25) is 5.91 Å². The van der Waals surface area contributed by atoms with E-state index in [1.165, 1.54) is 0 Å². The van der Waals surface area contributed by atoms with Gasteiger partial charge in [0.25, 0.3) is 5.91 Å². The number of fused-ring (bicyclic) bond motifs is 4. The normalized spacial score (nSPS) is 28.1. The van der Waals surface area contributed by atoms with E-state index in [1.54, 1.807) is 24.3 Å². The lowest BCUT2D eigenvalue weighted by Gasteiger charge is -2.36. The van der Waals surface area contributed by atoms with Crippen LogP contribution in [0.1, 0.15) is 18.9 Å². The molecular weight excluding hydrogens is 406 g/mol. The molecule has 0 saturated carbocycles. The summed E-state index contributed by atoms with van der Waals surface area (Å²) < 4.78 is 0. The Balaban J connectivity index is 1.59. The van der Waals surface area contributed by atoms with Crippen LogP contribution in [-0.4, -0.2) is 40.9 Å². The minimum absolute atomic E-state index is 0.0301. The first-order valence-corrected chi connectivity index (χ1v) is 11.4. The van der Waals surface area contributed by atoms with Crippen molar-refractivity contribution in [3.63, 3.8) is 0 Å². The summed E-state index contributed by atoms with van der Waals surface area (Å²) in [6.45, 7) is 2.58. The zero-order valence-electron chi connectivity index (χ0n) is 16.1. The maximum Gasteiger partial charge on any atom is 0.253 e. The molecule has 0 bridgehead atoms. The Morgan fingerprint density at radius 1 is 1.24 bits per heavy atom. The molecule has 0 unspecified atom stereocenters. The van der Waals surface area contributed by atoms with Gasteiger partial charge in [-0.05, 0) is 43.7 Å². The van der Waals surface area contributed by atoms with Gasteiger partial charge in [-0.1, -0.05) is 29.8 Å². The van der Waals surface area contributed by atoms with Crippen molar-refractivity contribution in [2.24, 2.45) is 5.92 Å². The number of carbonyl (C=O) groups is 2. The van der Waals surface area contributed by atoms with Crippen molar-refractivity contribution in [2.75, 3.05) is 28.4 Å². The Kier molecular flexibility index (Phi) is 4.61. The number of likely N-dealkylation sites (N-methyl/N-ethyl adjacent to an activating group) is 1. The average molecular weight is 428 g/mol. The van der Waals surface area contributed by atoms with Gasteiger partial charge in [0.05, 0.1) is 5.92 Å². The first-order chi connectivity index (χ1) is 14.1.